The molecule has 0 bridgehead atoms. The number of benzene rings is 2. The molecule has 4 N–H and O–H groups in total. The van der Waals surface area contributed by atoms with Crippen molar-refractivity contribution >= 4 is 37.5 Å². The summed E-state index contributed by atoms with van der Waals surface area (Å²) >= 11 is 1.30. The van der Waals surface area contributed by atoms with E-state index in [0.29, 0.717) is 5.01 Å². The van der Waals surface area contributed by atoms with Crippen molar-refractivity contribution in [1.29, 1.82) is 0 Å². The lowest BCUT2D eigenvalue weighted by atomic mass is 10.1. The summed E-state index contributed by atoms with van der Waals surface area (Å²) in [6.07, 6.45) is 0. The SMILES string of the molecule is NS(=O)(=O)NCc1nnc(/C(=N/O)c2nc3ccc(-c4ccccc4)cc3s2)o1. The Bertz CT molecular complexity index is 1300. The van der Waals surface area contributed by atoms with Crippen LogP contribution < -0.4 is 9.86 Å². The summed E-state index contributed by atoms with van der Waals surface area (Å²) in [6, 6.07) is 15.7. The molecule has 4 rings (SSSR count). The van der Waals surface area contributed by atoms with Crippen LogP contribution in [-0.2, 0) is 16.8 Å². The van der Waals surface area contributed by atoms with Crippen LogP contribution in [0.3, 0.4) is 0 Å². The van der Waals surface area contributed by atoms with Gasteiger partial charge in [-0.2, -0.15) is 13.1 Å². The summed E-state index contributed by atoms with van der Waals surface area (Å²) in [5.41, 5.74) is 2.82. The van der Waals surface area contributed by atoms with E-state index in [1.54, 1.807) is 0 Å². The Morgan fingerprint density at radius 1 is 1.17 bits per heavy atom. The zero-order valence-electron chi connectivity index (χ0n) is 14.7. The molecule has 0 amide bonds. The van der Waals surface area contributed by atoms with Gasteiger partial charge in [0.1, 0.15) is 0 Å². The zero-order valence-corrected chi connectivity index (χ0v) is 16.3. The third-order valence-electron chi connectivity index (χ3n) is 3.89. The molecule has 0 aliphatic rings. The minimum atomic E-state index is -3.90. The number of thiazole rings is 1. The molecule has 2 heterocycles. The minimum Gasteiger partial charge on any atom is -0.418 e. The minimum absolute atomic E-state index is 0.0122. The largest absolute Gasteiger partial charge is 0.418 e. The van der Waals surface area contributed by atoms with E-state index < -0.39 is 10.2 Å². The van der Waals surface area contributed by atoms with Crippen LogP contribution >= 0.6 is 11.3 Å². The van der Waals surface area contributed by atoms with Gasteiger partial charge in [-0.1, -0.05) is 41.6 Å². The summed E-state index contributed by atoms with van der Waals surface area (Å²) in [4.78, 5) is 4.46. The highest BCUT2D eigenvalue weighted by Crippen LogP contribution is 2.29. The smallest absolute Gasteiger partial charge is 0.274 e. The summed E-state index contributed by atoms with van der Waals surface area (Å²) in [6.45, 7) is -0.287. The number of hydrogen-bond acceptors (Lipinski definition) is 9. The Morgan fingerprint density at radius 2 is 1.97 bits per heavy atom. The summed E-state index contributed by atoms with van der Waals surface area (Å²) in [7, 11) is -3.90. The van der Waals surface area contributed by atoms with Gasteiger partial charge >= 0.3 is 0 Å². The van der Waals surface area contributed by atoms with Gasteiger partial charge in [0, 0.05) is 0 Å². The number of hydrogen-bond donors (Lipinski definition) is 3. The van der Waals surface area contributed by atoms with Gasteiger partial charge in [-0.15, -0.1) is 21.5 Å². The van der Waals surface area contributed by atoms with E-state index >= 15 is 0 Å². The molecule has 4 aromatic rings. The average molecular weight is 430 g/mol. The Morgan fingerprint density at radius 3 is 2.69 bits per heavy atom. The summed E-state index contributed by atoms with van der Waals surface area (Å²) in [5.74, 6) is -0.135. The first kappa shape index (κ1) is 19.1. The van der Waals surface area contributed by atoms with E-state index in [-0.39, 0.29) is 24.0 Å². The number of nitrogens with one attached hydrogen (secondary N) is 1. The van der Waals surface area contributed by atoms with Gasteiger partial charge in [0.15, 0.2) is 5.01 Å². The number of nitrogens with zero attached hydrogens (tertiary/aromatic N) is 4. The molecule has 29 heavy (non-hydrogen) atoms. The van der Waals surface area contributed by atoms with Crippen LogP contribution in [0.15, 0.2) is 58.1 Å². The molecule has 10 nitrogen and oxygen atoms in total. The standard InChI is InChI=1S/C17H14N6O4S2/c18-29(25,26)19-9-14-21-22-16(27-14)15(23-24)17-20-12-7-6-11(8-13(12)28-17)10-4-2-1-3-5-10/h1-8,19,24H,9H2,(H2,18,25,26)/b23-15-. The van der Waals surface area contributed by atoms with Crippen LogP contribution in [0, 0.1) is 0 Å². The number of rotatable bonds is 6. The molecule has 12 heteroatoms. The monoisotopic (exact) mass is 430 g/mol. The molecule has 2 aromatic carbocycles. The molecule has 0 radical (unpaired) electrons. The predicted octanol–water partition coefficient (Wildman–Crippen LogP) is 1.87. The van der Waals surface area contributed by atoms with E-state index in [9.17, 15) is 13.6 Å². The molecule has 148 valence electrons. The summed E-state index contributed by atoms with van der Waals surface area (Å²) < 4.78 is 30.2. The molecular formula is C17H14N6O4S2. The molecular weight excluding hydrogens is 416 g/mol. The van der Waals surface area contributed by atoms with Crippen molar-refractivity contribution in [3.63, 3.8) is 0 Å². The second kappa shape index (κ2) is 7.67. The average Bonchev–Trinajstić information content (AvgIpc) is 3.34. The maximum Gasteiger partial charge on any atom is 0.274 e. The number of oxime groups is 1. The van der Waals surface area contributed by atoms with Crippen LogP contribution in [0.5, 0.6) is 0 Å². The molecule has 0 fully saturated rings. The fourth-order valence-corrected chi connectivity index (χ4v) is 3.90. The molecule has 0 aliphatic carbocycles. The van der Waals surface area contributed by atoms with Gasteiger partial charge in [0.2, 0.25) is 11.6 Å². The second-order valence-electron chi connectivity index (χ2n) is 5.88. The normalized spacial score (nSPS) is 12.5. The quantitative estimate of drug-likeness (QED) is 0.239. The topological polar surface area (TPSA) is 157 Å². The van der Waals surface area contributed by atoms with Crippen LogP contribution in [0.25, 0.3) is 21.3 Å². The number of aromatic nitrogens is 3. The van der Waals surface area contributed by atoms with E-state index in [0.717, 1.165) is 21.3 Å². The fraction of sp³-hybridized carbons (Fsp3) is 0.0588. The molecule has 0 spiro atoms. The zero-order chi connectivity index (χ0) is 20.4. The summed E-state index contributed by atoms with van der Waals surface area (Å²) in [5, 5.41) is 25.4. The lowest BCUT2D eigenvalue weighted by Crippen LogP contribution is -2.30. The first-order valence-corrected chi connectivity index (χ1v) is 10.6. The van der Waals surface area contributed by atoms with Crippen molar-refractivity contribution in [3.05, 3.63) is 65.3 Å². The highest BCUT2D eigenvalue weighted by molar-refractivity contribution is 7.87. The molecule has 2 aromatic heterocycles. The Labute approximate surface area is 168 Å². The number of fused-ring (bicyclic) bond motifs is 1. The first-order valence-electron chi connectivity index (χ1n) is 8.21. The van der Waals surface area contributed by atoms with Gasteiger partial charge in [-0.3, -0.25) is 0 Å². The molecule has 0 saturated carbocycles. The van der Waals surface area contributed by atoms with E-state index in [2.05, 4.69) is 20.3 Å². The van der Waals surface area contributed by atoms with Crippen LogP contribution in [-0.4, -0.2) is 34.5 Å². The van der Waals surface area contributed by atoms with E-state index in [1.165, 1.54) is 11.3 Å². The first-order chi connectivity index (χ1) is 13.9. The highest BCUT2D eigenvalue weighted by atomic mass is 32.2. The van der Waals surface area contributed by atoms with Crippen molar-refractivity contribution < 1.29 is 18.0 Å². The molecule has 0 saturated heterocycles. The third-order valence-corrected chi connectivity index (χ3v) is 5.46. The second-order valence-corrected chi connectivity index (χ2v) is 8.29. The predicted molar refractivity (Wildman–Crippen MR) is 107 cm³/mol. The van der Waals surface area contributed by atoms with Crippen LogP contribution in [0.2, 0.25) is 0 Å². The van der Waals surface area contributed by atoms with Gasteiger partial charge in [0.05, 0.1) is 16.8 Å². The highest BCUT2D eigenvalue weighted by Gasteiger charge is 2.20. The Balaban J connectivity index is 1.63. The Kier molecular flexibility index (Phi) is 5.07. The van der Waals surface area contributed by atoms with Gasteiger partial charge in [-0.25, -0.2) is 10.1 Å². The molecule has 0 aliphatic heterocycles. The lowest BCUT2D eigenvalue weighted by Gasteiger charge is -2.00. The number of nitrogens with two attached hydrogens (primary N) is 1. The van der Waals surface area contributed by atoms with E-state index in [4.69, 9.17) is 9.56 Å². The Hall–Kier alpha value is -3.19. The lowest BCUT2D eigenvalue weighted by molar-refractivity contribution is 0.317. The van der Waals surface area contributed by atoms with Gasteiger partial charge in [0.25, 0.3) is 16.1 Å². The molecule has 0 atom stereocenters. The van der Waals surface area contributed by atoms with Crippen molar-refractivity contribution in [3.8, 4) is 11.1 Å². The van der Waals surface area contributed by atoms with E-state index in [1.807, 2.05) is 53.3 Å². The van der Waals surface area contributed by atoms with Crippen molar-refractivity contribution in [2.45, 2.75) is 6.54 Å². The maximum absolute atomic E-state index is 11.0. The fourth-order valence-electron chi connectivity index (χ4n) is 2.60. The van der Waals surface area contributed by atoms with Crippen molar-refractivity contribution in [2.75, 3.05) is 0 Å². The maximum atomic E-state index is 11.0. The third kappa shape index (κ3) is 4.30. The van der Waals surface area contributed by atoms with Crippen LogP contribution in [0.1, 0.15) is 16.8 Å². The van der Waals surface area contributed by atoms with Gasteiger partial charge < -0.3 is 9.62 Å². The van der Waals surface area contributed by atoms with Crippen LogP contribution in [0.4, 0.5) is 0 Å². The molecule has 0 unspecified atom stereocenters. The van der Waals surface area contributed by atoms with Crippen molar-refractivity contribution in [1.82, 2.24) is 19.9 Å². The van der Waals surface area contributed by atoms with Gasteiger partial charge in [-0.05, 0) is 23.3 Å². The van der Waals surface area contributed by atoms with Crippen molar-refractivity contribution in [2.24, 2.45) is 10.3 Å².